The topological polar surface area (TPSA) is 108 Å². The Morgan fingerprint density at radius 1 is 1.16 bits per heavy atom. The van der Waals surface area contributed by atoms with Crippen molar-refractivity contribution in [1.29, 1.82) is 0 Å². The van der Waals surface area contributed by atoms with Gasteiger partial charge >= 0.3 is 12.1 Å². The number of halogens is 1. The summed E-state index contributed by atoms with van der Waals surface area (Å²) in [7, 11) is 1.51. The summed E-state index contributed by atoms with van der Waals surface area (Å²) < 4.78 is 19.5. The van der Waals surface area contributed by atoms with Crippen LogP contribution in [0.25, 0.3) is 0 Å². The number of nitrogens with zero attached hydrogens (tertiary/aromatic N) is 2. The fraction of sp³-hybridized carbons (Fsp3) is 0.429. The molecule has 3 aliphatic rings. The fourth-order valence-electron chi connectivity index (χ4n) is 6.06. The third kappa shape index (κ3) is 4.17. The first-order chi connectivity index (χ1) is 18.2. The van der Waals surface area contributed by atoms with E-state index in [1.807, 2.05) is 13.8 Å². The molecule has 1 spiro atoms. The zero-order valence-electron chi connectivity index (χ0n) is 21.7. The zero-order valence-corrected chi connectivity index (χ0v) is 21.7. The second-order valence-corrected chi connectivity index (χ2v) is 10.1. The number of urea groups is 1. The van der Waals surface area contributed by atoms with Gasteiger partial charge in [0.1, 0.15) is 12.4 Å². The molecule has 2 N–H and O–H groups in total. The number of rotatable bonds is 5. The van der Waals surface area contributed by atoms with E-state index in [9.17, 15) is 23.6 Å². The van der Waals surface area contributed by atoms with Crippen LogP contribution in [0.5, 0.6) is 0 Å². The summed E-state index contributed by atoms with van der Waals surface area (Å²) in [5.41, 5.74) is 2.19. The molecule has 2 aromatic rings. The average Bonchev–Trinajstić information content (AvgIpc) is 3.53. The molecule has 2 aliphatic heterocycles. The lowest BCUT2D eigenvalue weighted by molar-refractivity contribution is -0.143. The summed E-state index contributed by atoms with van der Waals surface area (Å²) >= 11 is 0. The van der Waals surface area contributed by atoms with Crippen LogP contribution in [0, 0.1) is 5.82 Å². The predicted octanol–water partition coefficient (Wildman–Crippen LogP) is 4.01. The third-order valence-corrected chi connectivity index (χ3v) is 7.94. The minimum atomic E-state index is -1.47. The summed E-state index contributed by atoms with van der Waals surface area (Å²) in [5, 5.41) is 5.18. The number of fused-ring (bicyclic) bond motifs is 2. The Morgan fingerprint density at radius 2 is 1.95 bits per heavy atom. The highest BCUT2D eigenvalue weighted by atomic mass is 19.1. The van der Waals surface area contributed by atoms with Crippen LogP contribution < -0.4 is 10.6 Å². The highest BCUT2D eigenvalue weighted by molar-refractivity contribution is 6.06. The normalized spacial score (nSPS) is 24.1. The van der Waals surface area contributed by atoms with E-state index in [1.165, 1.54) is 19.2 Å². The van der Waals surface area contributed by atoms with Crippen LogP contribution in [0.3, 0.4) is 0 Å². The van der Waals surface area contributed by atoms with Gasteiger partial charge in [0.05, 0.1) is 6.04 Å². The summed E-state index contributed by atoms with van der Waals surface area (Å²) in [6.07, 6.45) is 2.00. The molecule has 2 aromatic carbocycles. The van der Waals surface area contributed by atoms with Crippen molar-refractivity contribution in [3.63, 3.8) is 0 Å². The average molecular weight is 523 g/mol. The Kier molecular flexibility index (Phi) is 6.58. The number of hydrogen-bond donors (Lipinski definition) is 2. The smallest absolute Gasteiger partial charge is 0.418 e. The monoisotopic (exact) mass is 522 g/mol. The molecule has 0 saturated carbocycles. The zero-order chi connectivity index (χ0) is 27.2. The largest absolute Gasteiger partial charge is 0.427 e. The molecule has 0 bridgehead atoms. The molecule has 3 atom stereocenters. The molecule has 9 nitrogen and oxygen atoms in total. The third-order valence-electron chi connectivity index (χ3n) is 7.94. The Morgan fingerprint density at radius 3 is 2.68 bits per heavy atom. The number of imide groups is 1. The number of aryl methyl sites for hydroxylation is 2. The molecule has 200 valence electrons. The van der Waals surface area contributed by atoms with Gasteiger partial charge in [0, 0.05) is 30.8 Å². The number of carbonyl (C=O) groups excluding carboxylic acids is 4. The number of carbonyl (C=O) groups is 4. The number of anilines is 1. The van der Waals surface area contributed by atoms with E-state index >= 15 is 0 Å². The molecular weight excluding hydrogens is 491 g/mol. The van der Waals surface area contributed by atoms with E-state index < -0.39 is 24.1 Å². The van der Waals surface area contributed by atoms with E-state index in [4.69, 9.17) is 4.74 Å². The van der Waals surface area contributed by atoms with Gasteiger partial charge in [0.25, 0.3) is 5.91 Å². The first kappa shape index (κ1) is 25.7. The van der Waals surface area contributed by atoms with E-state index in [0.717, 1.165) is 28.0 Å². The van der Waals surface area contributed by atoms with Crippen molar-refractivity contribution in [2.75, 3.05) is 18.9 Å². The van der Waals surface area contributed by atoms with Crippen molar-refractivity contribution in [3.05, 3.63) is 64.5 Å². The summed E-state index contributed by atoms with van der Waals surface area (Å²) in [6.45, 7) is 3.46. The molecule has 2 fully saturated rings. The second-order valence-electron chi connectivity index (χ2n) is 10.1. The molecule has 5 rings (SSSR count). The lowest BCUT2D eigenvalue weighted by Gasteiger charge is -2.31. The van der Waals surface area contributed by atoms with Crippen LogP contribution in [0.4, 0.5) is 19.7 Å². The van der Waals surface area contributed by atoms with Crippen molar-refractivity contribution in [3.8, 4) is 0 Å². The van der Waals surface area contributed by atoms with Crippen LogP contribution in [0.15, 0.2) is 36.4 Å². The maximum atomic E-state index is 13.9. The summed E-state index contributed by atoms with van der Waals surface area (Å²) in [6, 6.07) is 9.01. The number of likely N-dealkylation sites (tertiary alicyclic amines) is 1. The molecule has 0 aromatic heterocycles. The van der Waals surface area contributed by atoms with Gasteiger partial charge in [-0.25, -0.2) is 18.9 Å². The van der Waals surface area contributed by atoms with E-state index in [0.29, 0.717) is 30.5 Å². The number of ether oxygens (including phenoxy) is 1. The van der Waals surface area contributed by atoms with Crippen LogP contribution in [0.2, 0.25) is 0 Å². The first-order valence-electron chi connectivity index (χ1n) is 12.9. The Labute approximate surface area is 220 Å². The van der Waals surface area contributed by atoms with Crippen molar-refractivity contribution < 1.29 is 28.3 Å². The standard InChI is InChI=1S/C28H31FN4O5/c1-4-17-13-19(29)6-8-21(17)23-10-5-16(2)33(23)24(34)15-32-25(35)28(38-27(32)37)12-11-18-14-20(7-9-22(18)28)31-26(36)30-3/h6-9,13-14,16,23H,4-5,10-12,15H2,1-3H3,(H2,30,31,36)/t16-,23+,28?/m1/s1. The van der Waals surface area contributed by atoms with E-state index in [1.54, 1.807) is 29.2 Å². The van der Waals surface area contributed by atoms with Gasteiger partial charge in [0.15, 0.2) is 0 Å². The first-order valence-corrected chi connectivity index (χ1v) is 12.9. The maximum absolute atomic E-state index is 13.9. The molecule has 5 amide bonds. The molecule has 0 radical (unpaired) electrons. The Bertz CT molecular complexity index is 1330. The molecule has 1 unspecified atom stereocenters. The van der Waals surface area contributed by atoms with Crippen LogP contribution >= 0.6 is 0 Å². The summed E-state index contributed by atoms with van der Waals surface area (Å²) in [4.78, 5) is 54.4. The SMILES string of the molecule is CCc1cc(F)ccc1[C@@H]1CC[C@@H](C)N1C(=O)CN1C(=O)OC2(CCc3cc(NC(=O)NC)ccc32)C1=O. The lowest BCUT2D eigenvalue weighted by atomic mass is 9.94. The van der Waals surface area contributed by atoms with Crippen molar-refractivity contribution >= 4 is 29.6 Å². The van der Waals surface area contributed by atoms with Gasteiger partial charge in [-0.05, 0) is 73.6 Å². The fourth-order valence-corrected chi connectivity index (χ4v) is 6.06. The van der Waals surface area contributed by atoms with Gasteiger partial charge in [-0.15, -0.1) is 0 Å². The molecule has 38 heavy (non-hydrogen) atoms. The van der Waals surface area contributed by atoms with Crippen molar-refractivity contribution in [1.82, 2.24) is 15.1 Å². The van der Waals surface area contributed by atoms with Crippen LogP contribution in [-0.2, 0) is 32.8 Å². The Hall–Kier alpha value is -3.95. The molecule has 1 aliphatic carbocycles. The Balaban J connectivity index is 1.37. The predicted molar refractivity (Wildman–Crippen MR) is 137 cm³/mol. The van der Waals surface area contributed by atoms with Crippen molar-refractivity contribution in [2.24, 2.45) is 0 Å². The lowest BCUT2D eigenvalue weighted by Crippen LogP contribution is -2.46. The minimum Gasteiger partial charge on any atom is -0.427 e. The quantitative estimate of drug-likeness (QED) is 0.617. The molecule has 10 heteroatoms. The highest BCUT2D eigenvalue weighted by Crippen LogP contribution is 2.46. The minimum absolute atomic E-state index is 0.0941. The van der Waals surface area contributed by atoms with E-state index in [-0.39, 0.29) is 36.3 Å². The van der Waals surface area contributed by atoms with E-state index in [2.05, 4.69) is 10.6 Å². The van der Waals surface area contributed by atoms with Gasteiger partial charge in [-0.1, -0.05) is 19.1 Å². The van der Waals surface area contributed by atoms with Crippen LogP contribution in [-0.4, -0.2) is 53.4 Å². The molecular formula is C28H31FN4O5. The van der Waals surface area contributed by atoms with Gasteiger partial charge < -0.3 is 20.3 Å². The van der Waals surface area contributed by atoms with Gasteiger partial charge in [0.2, 0.25) is 11.5 Å². The maximum Gasteiger partial charge on any atom is 0.418 e. The number of benzene rings is 2. The van der Waals surface area contributed by atoms with Crippen LogP contribution in [0.1, 0.15) is 61.4 Å². The number of hydrogen-bond acceptors (Lipinski definition) is 5. The van der Waals surface area contributed by atoms with Gasteiger partial charge in [-0.2, -0.15) is 0 Å². The molecule has 2 saturated heterocycles. The number of nitrogens with one attached hydrogen (secondary N) is 2. The molecule has 2 heterocycles. The highest BCUT2D eigenvalue weighted by Gasteiger charge is 2.58. The van der Waals surface area contributed by atoms with Gasteiger partial charge in [-0.3, -0.25) is 9.59 Å². The number of amides is 5. The second kappa shape index (κ2) is 9.74. The summed E-state index contributed by atoms with van der Waals surface area (Å²) in [5.74, 6) is -1.23. The van der Waals surface area contributed by atoms with Crippen molar-refractivity contribution in [2.45, 2.75) is 63.6 Å².